The molecule has 2 fully saturated rings. The number of esters is 1. The number of hydrogen-bond acceptors (Lipinski definition) is 9. The minimum atomic E-state index is -0.718. The highest BCUT2D eigenvalue weighted by atomic mass is 79.9. The number of rotatable bonds is 6. The molecule has 41 heavy (non-hydrogen) atoms. The summed E-state index contributed by atoms with van der Waals surface area (Å²) in [5, 5.41) is 5.95. The third-order valence-electron chi connectivity index (χ3n) is 7.50. The Balaban J connectivity index is 1.43. The van der Waals surface area contributed by atoms with Gasteiger partial charge in [-0.2, -0.15) is 0 Å². The number of benzene rings is 1. The van der Waals surface area contributed by atoms with Crippen LogP contribution in [0.15, 0.2) is 50.5 Å². The molecule has 1 N–H and O–H groups in total. The maximum absolute atomic E-state index is 14.0. The van der Waals surface area contributed by atoms with Gasteiger partial charge in [-0.05, 0) is 64.8 Å². The second kappa shape index (κ2) is 11.8. The Morgan fingerprint density at radius 2 is 2.02 bits per heavy atom. The number of hydrogen-bond donors (Lipinski definition) is 1. The number of thiazole rings is 1. The fourth-order valence-electron chi connectivity index (χ4n) is 5.70. The Bertz CT molecular complexity index is 1380. The number of amidine groups is 1. The first-order valence-corrected chi connectivity index (χ1v) is 15.4. The summed E-state index contributed by atoms with van der Waals surface area (Å²) < 4.78 is 25.6. The molecule has 0 aliphatic carbocycles. The zero-order valence-electron chi connectivity index (χ0n) is 23.7. The van der Waals surface area contributed by atoms with Crippen LogP contribution in [0, 0.1) is 11.2 Å². The van der Waals surface area contributed by atoms with Crippen molar-refractivity contribution in [2.75, 3.05) is 39.3 Å². The van der Waals surface area contributed by atoms with E-state index in [2.05, 4.69) is 31.1 Å². The number of nitrogens with zero attached hydrogens (tertiary/aromatic N) is 4. The highest BCUT2D eigenvalue weighted by molar-refractivity contribution is 9.10. The van der Waals surface area contributed by atoms with Gasteiger partial charge >= 0.3 is 12.1 Å². The Morgan fingerprint density at radius 3 is 2.71 bits per heavy atom. The summed E-state index contributed by atoms with van der Waals surface area (Å²) in [5.74, 6) is -0.306. The van der Waals surface area contributed by atoms with Gasteiger partial charge in [0.2, 0.25) is 0 Å². The molecule has 1 aromatic carbocycles. The summed E-state index contributed by atoms with van der Waals surface area (Å²) in [5.41, 5.74) is 1.17. The van der Waals surface area contributed by atoms with Crippen LogP contribution in [-0.2, 0) is 14.3 Å². The van der Waals surface area contributed by atoms with E-state index in [0.717, 1.165) is 25.9 Å². The molecule has 0 radical (unpaired) electrons. The van der Waals surface area contributed by atoms with Gasteiger partial charge in [-0.25, -0.2) is 19.0 Å². The number of carbonyl (C=O) groups excluding carboxylic acids is 2. The van der Waals surface area contributed by atoms with E-state index in [1.165, 1.54) is 23.5 Å². The molecule has 2 atom stereocenters. The number of halogens is 2. The van der Waals surface area contributed by atoms with Gasteiger partial charge in [-0.1, -0.05) is 22.0 Å². The van der Waals surface area contributed by atoms with Crippen LogP contribution < -0.4 is 5.32 Å². The Labute approximate surface area is 251 Å². The second-order valence-electron chi connectivity index (χ2n) is 11.7. The standard InChI is InChI=1S/C29H35BrFN5O4S/c1-5-39-26(37)22-21(15-35-11-8-29(16-35)9-12-36(17-29)27(38)40-28(2,3)4)33-24(25-32-10-13-41-25)34-23(22)19-7-6-18(31)14-20(19)30/h6-7,10,13-14,23H,5,8-9,11-12,15-17H2,1-4H3,(H,33,34). The average Bonchev–Trinajstić information content (AvgIpc) is 3.65. The molecule has 4 heterocycles. The highest BCUT2D eigenvalue weighted by Crippen LogP contribution is 2.41. The van der Waals surface area contributed by atoms with Gasteiger partial charge in [0.25, 0.3) is 0 Å². The van der Waals surface area contributed by atoms with E-state index in [0.29, 0.717) is 51.8 Å². The molecule has 1 aromatic heterocycles. The van der Waals surface area contributed by atoms with E-state index < -0.39 is 17.6 Å². The third-order valence-corrected chi connectivity index (χ3v) is 8.97. The van der Waals surface area contributed by atoms with E-state index >= 15 is 0 Å². The molecule has 220 valence electrons. The first kappa shape index (κ1) is 29.7. The number of aliphatic imine (C=N–C) groups is 1. The average molecular weight is 649 g/mol. The van der Waals surface area contributed by atoms with Crippen molar-refractivity contribution in [1.82, 2.24) is 20.1 Å². The highest BCUT2D eigenvalue weighted by Gasteiger charge is 2.46. The summed E-state index contributed by atoms with van der Waals surface area (Å²) in [4.78, 5) is 39.6. The summed E-state index contributed by atoms with van der Waals surface area (Å²) in [6.45, 7) is 11.0. The van der Waals surface area contributed by atoms with Crippen molar-refractivity contribution in [2.24, 2.45) is 10.4 Å². The largest absolute Gasteiger partial charge is 0.463 e. The molecule has 1 spiro atoms. The molecule has 2 aromatic rings. The molecule has 3 aliphatic heterocycles. The lowest BCUT2D eigenvalue weighted by molar-refractivity contribution is -0.139. The molecule has 12 heteroatoms. The van der Waals surface area contributed by atoms with Gasteiger partial charge in [-0.3, -0.25) is 9.89 Å². The van der Waals surface area contributed by atoms with Crippen LogP contribution >= 0.6 is 27.3 Å². The SMILES string of the molecule is CCOC(=O)C1=C(CN2CCC3(CCN(C(=O)OC(C)(C)C)C3)C2)NC(c2nccs2)=NC1c1ccc(F)cc1Br. The zero-order chi connectivity index (χ0) is 29.4. The maximum atomic E-state index is 14.0. The monoisotopic (exact) mass is 647 g/mol. The molecule has 1 amide bonds. The molecule has 2 unspecified atom stereocenters. The van der Waals surface area contributed by atoms with E-state index in [-0.39, 0.29) is 23.9 Å². The summed E-state index contributed by atoms with van der Waals surface area (Å²) >= 11 is 4.92. The molecule has 9 nitrogen and oxygen atoms in total. The summed E-state index contributed by atoms with van der Waals surface area (Å²) in [6.07, 6.45) is 3.27. The normalized spacial score (nSPS) is 23.1. The van der Waals surface area contributed by atoms with Crippen LogP contribution in [-0.4, -0.2) is 77.6 Å². The lowest BCUT2D eigenvalue weighted by Gasteiger charge is -2.30. The summed E-state index contributed by atoms with van der Waals surface area (Å²) in [7, 11) is 0. The molecule has 0 bridgehead atoms. The van der Waals surface area contributed by atoms with Gasteiger partial charge in [0.15, 0.2) is 10.8 Å². The topological polar surface area (TPSA) is 96.4 Å². The van der Waals surface area contributed by atoms with Crippen LogP contribution in [0.4, 0.5) is 9.18 Å². The number of carbonyl (C=O) groups is 2. The van der Waals surface area contributed by atoms with Gasteiger partial charge < -0.3 is 19.7 Å². The first-order valence-electron chi connectivity index (χ1n) is 13.8. The van der Waals surface area contributed by atoms with Crippen molar-refractivity contribution in [3.63, 3.8) is 0 Å². The van der Waals surface area contributed by atoms with Crippen LogP contribution in [0.1, 0.15) is 57.1 Å². The van der Waals surface area contributed by atoms with Crippen molar-refractivity contribution in [2.45, 2.75) is 52.2 Å². The van der Waals surface area contributed by atoms with Crippen molar-refractivity contribution >= 4 is 45.2 Å². The number of likely N-dealkylation sites (tertiary alicyclic amines) is 2. The number of nitrogens with one attached hydrogen (secondary N) is 1. The summed E-state index contributed by atoms with van der Waals surface area (Å²) in [6, 6.07) is 3.66. The fourth-order valence-corrected chi connectivity index (χ4v) is 6.86. The predicted molar refractivity (Wildman–Crippen MR) is 158 cm³/mol. The van der Waals surface area contributed by atoms with E-state index in [1.807, 2.05) is 31.1 Å². The minimum Gasteiger partial charge on any atom is -0.463 e. The number of aromatic nitrogens is 1. The van der Waals surface area contributed by atoms with Gasteiger partial charge in [0.1, 0.15) is 17.5 Å². The quantitative estimate of drug-likeness (QED) is 0.426. The lowest BCUT2D eigenvalue weighted by atomic mass is 9.86. The zero-order valence-corrected chi connectivity index (χ0v) is 26.1. The van der Waals surface area contributed by atoms with Gasteiger partial charge in [-0.15, -0.1) is 11.3 Å². The Hall–Kier alpha value is -2.83. The molecule has 2 saturated heterocycles. The molecular formula is C29H35BrFN5O4S. The van der Waals surface area contributed by atoms with Gasteiger partial charge in [0.05, 0.1) is 12.2 Å². The van der Waals surface area contributed by atoms with Crippen molar-refractivity contribution in [1.29, 1.82) is 0 Å². The maximum Gasteiger partial charge on any atom is 0.410 e. The third kappa shape index (κ3) is 6.65. The number of ether oxygens (including phenoxy) is 2. The smallest absolute Gasteiger partial charge is 0.410 e. The van der Waals surface area contributed by atoms with Gasteiger partial charge in [0, 0.05) is 53.3 Å². The Kier molecular flexibility index (Phi) is 8.54. The van der Waals surface area contributed by atoms with E-state index in [1.54, 1.807) is 19.2 Å². The van der Waals surface area contributed by atoms with E-state index in [4.69, 9.17) is 14.5 Å². The van der Waals surface area contributed by atoms with Crippen LogP contribution in [0.5, 0.6) is 0 Å². The fraction of sp³-hybridized carbons (Fsp3) is 0.517. The first-order chi connectivity index (χ1) is 19.5. The molecule has 0 saturated carbocycles. The second-order valence-corrected chi connectivity index (χ2v) is 13.5. The van der Waals surface area contributed by atoms with Crippen LogP contribution in [0.25, 0.3) is 0 Å². The molecular weight excluding hydrogens is 613 g/mol. The minimum absolute atomic E-state index is 0.0260. The Morgan fingerprint density at radius 1 is 1.24 bits per heavy atom. The predicted octanol–water partition coefficient (Wildman–Crippen LogP) is 5.29. The molecule has 5 rings (SSSR count). The van der Waals surface area contributed by atoms with Crippen LogP contribution in [0.3, 0.4) is 0 Å². The lowest BCUT2D eigenvalue weighted by Crippen LogP contribution is -2.40. The van der Waals surface area contributed by atoms with Crippen molar-refractivity contribution in [3.8, 4) is 0 Å². The van der Waals surface area contributed by atoms with Crippen molar-refractivity contribution < 1.29 is 23.5 Å². The van der Waals surface area contributed by atoms with Crippen molar-refractivity contribution in [3.05, 3.63) is 61.9 Å². The molecule has 3 aliphatic rings. The number of amides is 1. The van der Waals surface area contributed by atoms with Crippen LogP contribution in [0.2, 0.25) is 0 Å². The van der Waals surface area contributed by atoms with E-state index in [9.17, 15) is 14.0 Å².